The molecule has 3 nitrogen and oxygen atoms in total. The second kappa shape index (κ2) is 6.98. The molecule has 2 aromatic carbocycles. The van der Waals surface area contributed by atoms with Gasteiger partial charge in [0.1, 0.15) is 0 Å². The van der Waals surface area contributed by atoms with Crippen LogP contribution in [-0.4, -0.2) is 23.5 Å². The van der Waals surface area contributed by atoms with E-state index in [9.17, 15) is 9.90 Å². The smallest absolute Gasteiger partial charge is 0.184 e. The van der Waals surface area contributed by atoms with E-state index in [0.717, 1.165) is 5.56 Å². The summed E-state index contributed by atoms with van der Waals surface area (Å²) >= 11 is 0. The summed E-state index contributed by atoms with van der Waals surface area (Å²) in [7, 11) is 0. The van der Waals surface area contributed by atoms with Gasteiger partial charge in [-0.15, -0.1) is 0 Å². The summed E-state index contributed by atoms with van der Waals surface area (Å²) in [6.07, 6.45) is -0.496. The summed E-state index contributed by atoms with van der Waals surface area (Å²) in [6.45, 7) is 2.07. The minimum atomic E-state index is -0.496. The van der Waals surface area contributed by atoms with E-state index in [1.54, 1.807) is 6.92 Å². The number of aliphatic hydroxyl groups is 1. The normalized spacial score (nSPS) is 13.7. The Bertz CT molecular complexity index is 537. The molecule has 0 aliphatic rings. The Morgan fingerprint density at radius 2 is 1.60 bits per heavy atom. The number of benzene rings is 2. The van der Waals surface area contributed by atoms with Gasteiger partial charge in [-0.3, -0.25) is 4.79 Å². The molecule has 2 aromatic rings. The molecule has 0 saturated carbocycles. The highest BCUT2D eigenvalue weighted by molar-refractivity contribution is 6.00. The lowest BCUT2D eigenvalue weighted by Gasteiger charge is -2.19. The van der Waals surface area contributed by atoms with Gasteiger partial charge in [0.25, 0.3) is 0 Å². The number of Topliss-reactive ketones (excluding diaryl/α,β-unsaturated/α-hetero) is 1. The number of nitrogens with one attached hydrogen (secondary N) is 1. The van der Waals surface area contributed by atoms with E-state index in [2.05, 4.69) is 5.32 Å². The molecule has 3 heteroatoms. The van der Waals surface area contributed by atoms with E-state index in [4.69, 9.17) is 0 Å². The molecule has 0 aliphatic heterocycles. The Kier molecular flexibility index (Phi) is 5.04. The molecule has 0 amide bonds. The number of carbonyl (C=O) groups is 1. The quantitative estimate of drug-likeness (QED) is 0.792. The number of carbonyl (C=O) groups excluding carboxylic acids is 1. The van der Waals surface area contributed by atoms with Crippen LogP contribution in [0.4, 0.5) is 0 Å². The lowest BCUT2D eigenvalue weighted by atomic mass is 9.97. The number of hydrogen-bond donors (Lipinski definition) is 2. The lowest BCUT2D eigenvalue weighted by molar-refractivity contribution is 0.0932. The molecular formula is C17H19NO2. The first-order valence-corrected chi connectivity index (χ1v) is 6.74. The van der Waals surface area contributed by atoms with Gasteiger partial charge in [0, 0.05) is 12.1 Å². The monoisotopic (exact) mass is 269 g/mol. The number of rotatable bonds is 6. The van der Waals surface area contributed by atoms with Crippen molar-refractivity contribution < 1.29 is 9.90 Å². The standard InChI is InChI=1S/C17H19NO2/c1-13(19)12-18-16(14-8-4-2-5-9-14)17(20)15-10-6-3-7-11-15/h2-11,13,16,18-19H,12H2,1H3/t13-,16+/m0/s1. The maximum atomic E-state index is 12.6. The lowest BCUT2D eigenvalue weighted by Crippen LogP contribution is -2.33. The van der Waals surface area contributed by atoms with Crippen molar-refractivity contribution in [3.8, 4) is 0 Å². The van der Waals surface area contributed by atoms with Gasteiger partial charge in [-0.2, -0.15) is 0 Å². The van der Waals surface area contributed by atoms with Gasteiger partial charge in [0.2, 0.25) is 0 Å². The van der Waals surface area contributed by atoms with E-state index >= 15 is 0 Å². The van der Waals surface area contributed by atoms with Crippen molar-refractivity contribution in [2.24, 2.45) is 0 Å². The average Bonchev–Trinajstić information content (AvgIpc) is 2.49. The molecule has 0 saturated heterocycles. The van der Waals surface area contributed by atoms with Crippen molar-refractivity contribution in [2.75, 3.05) is 6.54 Å². The first kappa shape index (κ1) is 14.4. The molecule has 2 rings (SSSR count). The largest absolute Gasteiger partial charge is 0.392 e. The van der Waals surface area contributed by atoms with Crippen LogP contribution in [0.15, 0.2) is 60.7 Å². The average molecular weight is 269 g/mol. The second-order valence-electron chi connectivity index (χ2n) is 4.83. The zero-order valence-electron chi connectivity index (χ0n) is 11.5. The Labute approximate surface area is 119 Å². The van der Waals surface area contributed by atoms with Crippen molar-refractivity contribution in [2.45, 2.75) is 19.1 Å². The third kappa shape index (κ3) is 3.76. The highest BCUT2D eigenvalue weighted by Crippen LogP contribution is 2.18. The molecule has 2 N–H and O–H groups in total. The van der Waals surface area contributed by atoms with Gasteiger partial charge in [0.05, 0.1) is 12.1 Å². The van der Waals surface area contributed by atoms with Gasteiger partial charge in [-0.05, 0) is 12.5 Å². The third-order valence-corrected chi connectivity index (χ3v) is 3.07. The highest BCUT2D eigenvalue weighted by atomic mass is 16.3. The van der Waals surface area contributed by atoms with Crippen LogP contribution in [0, 0.1) is 0 Å². The number of aliphatic hydroxyl groups excluding tert-OH is 1. The summed E-state index contributed by atoms with van der Waals surface area (Å²) < 4.78 is 0. The number of ketones is 1. The topological polar surface area (TPSA) is 49.3 Å². The van der Waals surface area contributed by atoms with Crippen molar-refractivity contribution in [3.63, 3.8) is 0 Å². The van der Waals surface area contributed by atoms with Crippen LogP contribution in [-0.2, 0) is 0 Å². The Balaban J connectivity index is 2.25. The van der Waals surface area contributed by atoms with E-state index in [-0.39, 0.29) is 5.78 Å². The molecular weight excluding hydrogens is 250 g/mol. The molecule has 0 fully saturated rings. The van der Waals surface area contributed by atoms with E-state index < -0.39 is 12.1 Å². The molecule has 0 heterocycles. The van der Waals surface area contributed by atoms with Crippen molar-refractivity contribution in [3.05, 3.63) is 71.8 Å². The maximum absolute atomic E-state index is 12.6. The van der Waals surface area contributed by atoms with Crippen LogP contribution < -0.4 is 5.32 Å². The molecule has 2 atom stereocenters. The fourth-order valence-electron chi connectivity index (χ4n) is 2.06. The molecule has 104 valence electrons. The summed E-state index contributed by atoms with van der Waals surface area (Å²) in [5.74, 6) is 0.0115. The highest BCUT2D eigenvalue weighted by Gasteiger charge is 2.21. The summed E-state index contributed by atoms with van der Waals surface area (Å²) in [6, 6.07) is 18.3. The van der Waals surface area contributed by atoms with Crippen LogP contribution in [0.3, 0.4) is 0 Å². The second-order valence-corrected chi connectivity index (χ2v) is 4.83. The summed E-state index contributed by atoms with van der Waals surface area (Å²) in [4.78, 5) is 12.6. The SMILES string of the molecule is C[C@H](O)CN[C@@H](C(=O)c1ccccc1)c1ccccc1. The molecule has 20 heavy (non-hydrogen) atoms. The fraction of sp³-hybridized carbons (Fsp3) is 0.235. The van der Waals surface area contributed by atoms with Crippen LogP contribution in [0.5, 0.6) is 0 Å². The molecule has 0 spiro atoms. The van der Waals surface area contributed by atoms with Crippen LogP contribution in [0.2, 0.25) is 0 Å². The van der Waals surface area contributed by atoms with Gasteiger partial charge in [-0.1, -0.05) is 60.7 Å². The van der Waals surface area contributed by atoms with E-state index in [0.29, 0.717) is 12.1 Å². The molecule has 0 radical (unpaired) electrons. The Morgan fingerprint density at radius 3 is 2.15 bits per heavy atom. The third-order valence-electron chi connectivity index (χ3n) is 3.07. The Hall–Kier alpha value is -1.97. The van der Waals surface area contributed by atoms with Crippen molar-refractivity contribution >= 4 is 5.78 Å². The first-order valence-electron chi connectivity index (χ1n) is 6.74. The predicted octanol–water partition coefficient (Wildman–Crippen LogP) is 2.58. The van der Waals surface area contributed by atoms with Crippen LogP contribution in [0.25, 0.3) is 0 Å². The Morgan fingerprint density at radius 1 is 1.05 bits per heavy atom. The maximum Gasteiger partial charge on any atom is 0.184 e. The van der Waals surface area contributed by atoms with Crippen molar-refractivity contribution in [1.29, 1.82) is 0 Å². The van der Waals surface area contributed by atoms with Crippen LogP contribution in [0.1, 0.15) is 28.9 Å². The zero-order chi connectivity index (χ0) is 14.4. The van der Waals surface area contributed by atoms with Gasteiger partial charge < -0.3 is 10.4 Å². The predicted molar refractivity (Wildman–Crippen MR) is 79.6 cm³/mol. The molecule has 0 unspecified atom stereocenters. The number of hydrogen-bond acceptors (Lipinski definition) is 3. The van der Waals surface area contributed by atoms with E-state index in [1.807, 2.05) is 60.7 Å². The minimum Gasteiger partial charge on any atom is -0.392 e. The van der Waals surface area contributed by atoms with Gasteiger partial charge >= 0.3 is 0 Å². The summed E-state index contributed by atoms with van der Waals surface area (Å²) in [5, 5.41) is 12.6. The van der Waals surface area contributed by atoms with Gasteiger partial charge in [0.15, 0.2) is 5.78 Å². The fourth-order valence-corrected chi connectivity index (χ4v) is 2.06. The first-order chi connectivity index (χ1) is 9.68. The molecule has 0 aromatic heterocycles. The van der Waals surface area contributed by atoms with Crippen LogP contribution >= 0.6 is 0 Å². The molecule has 0 aliphatic carbocycles. The van der Waals surface area contributed by atoms with Gasteiger partial charge in [-0.25, -0.2) is 0 Å². The molecule has 0 bridgehead atoms. The zero-order valence-corrected chi connectivity index (χ0v) is 11.5. The summed E-state index contributed by atoms with van der Waals surface area (Å²) in [5.41, 5.74) is 1.57. The minimum absolute atomic E-state index is 0.0115. The van der Waals surface area contributed by atoms with Crippen molar-refractivity contribution in [1.82, 2.24) is 5.32 Å². The van der Waals surface area contributed by atoms with E-state index in [1.165, 1.54) is 0 Å².